The summed E-state index contributed by atoms with van der Waals surface area (Å²) in [5, 5.41) is 13.3. The predicted octanol–water partition coefficient (Wildman–Crippen LogP) is 0.625. The van der Waals surface area contributed by atoms with E-state index >= 15 is 0 Å². The van der Waals surface area contributed by atoms with Crippen molar-refractivity contribution in [2.45, 2.75) is 19.4 Å². The first kappa shape index (κ1) is 14.8. The highest BCUT2D eigenvalue weighted by Gasteiger charge is 2.21. The molecule has 0 radical (unpaired) electrons. The summed E-state index contributed by atoms with van der Waals surface area (Å²) in [5.41, 5.74) is 3.46. The molecule has 2 N–H and O–H groups in total. The molecule has 1 aromatic rings. The van der Waals surface area contributed by atoms with Crippen LogP contribution in [0.2, 0.25) is 0 Å². The van der Waals surface area contributed by atoms with Crippen molar-refractivity contribution in [2.75, 3.05) is 14.2 Å². The van der Waals surface area contributed by atoms with Crippen molar-refractivity contribution >= 4 is 17.5 Å². The Morgan fingerprint density at radius 1 is 1.48 bits per heavy atom. The number of aromatic hydroxyl groups is 1. The number of nitrogens with zero attached hydrogens (tertiary/aromatic N) is 2. The highest BCUT2D eigenvalue weighted by Crippen LogP contribution is 2.26. The molecule has 1 heterocycles. The van der Waals surface area contributed by atoms with Gasteiger partial charge in [-0.05, 0) is 17.7 Å². The number of benzene rings is 1. The quantitative estimate of drug-likeness (QED) is 0.851. The number of hydrazone groups is 1. The highest BCUT2D eigenvalue weighted by atomic mass is 16.5. The van der Waals surface area contributed by atoms with Crippen molar-refractivity contribution in [2.24, 2.45) is 5.10 Å². The van der Waals surface area contributed by atoms with Gasteiger partial charge in [0.05, 0.1) is 7.11 Å². The lowest BCUT2D eigenvalue weighted by molar-refractivity contribution is -0.124. The molecular formula is C14H17N3O4. The molecule has 0 saturated carbocycles. The van der Waals surface area contributed by atoms with Gasteiger partial charge in [-0.25, -0.2) is 5.43 Å². The Balaban J connectivity index is 2.05. The van der Waals surface area contributed by atoms with Gasteiger partial charge in [0.15, 0.2) is 11.5 Å². The SMILES string of the molecule is COc1cc(CN(C)C(=O)C2=NNC(=O)CC2)ccc1O. The first-order valence-electron chi connectivity index (χ1n) is 6.48. The third-order valence-corrected chi connectivity index (χ3v) is 3.16. The normalized spacial score (nSPS) is 14.2. The molecule has 0 atom stereocenters. The average molecular weight is 291 g/mol. The van der Waals surface area contributed by atoms with Gasteiger partial charge in [-0.2, -0.15) is 5.10 Å². The van der Waals surface area contributed by atoms with Crippen molar-refractivity contribution < 1.29 is 19.4 Å². The maximum absolute atomic E-state index is 12.2. The minimum Gasteiger partial charge on any atom is -0.504 e. The van der Waals surface area contributed by atoms with Crippen LogP contribution in [0.3, 0.4) is 0 Å². The van der Waals surface area contributed by atoms with Crippen LogP contribution in [0.5, 0.6) is 11.5 Å². The van der Waals surface area contributed by atoms with E-state index in [9.17, 15) is 14.7 Å². The zero-order valence-corrected chi connectivity index (χ0v) is 11.9. The standard InChI is InChI=1S/C14H17N3O4/c1-17(14(20)10-4-6-13(19)16-15-10)8-9-3-5-11(18)12(7-9)21-2/h3,5,7,18H,4,6,8H2,1-2H3,(H,16,19). The summed E-state index contributed by atoms with van der Waals surface area (Å²) < 4.78 is 5.03. The van der Waals surface area contributed by atoms with Crippen LogP contribution in [0, 0.1) is 0 Å². The zero-order valence-electron chi connectivity index (χ0n) is 11.9. The summed E-state index contributed by atoms with van der Waals surface area (Å²) in [4.78, 5) is 24.7. The van der Waals surface area contributed by atoms with Crippen molar-refractivity contribution in [1.29, 1.82) is 0 Å². The van der Waals surface area contributed by atoms with Crippen LogP contribution < -0.4 is 10.2 Å². The molecule has 7 heteroatoms. The molecule has 1 aliphatic heterocycles. The lowest BCUT2D eigenvalue weighted by atomic mass is 10.1. The molecule has 0 aromatic heterocycles. The van der Waals surface area contributed by atoms with Gasteiger partial charge in [0, 0.05) is 26.4 Å². The van der Waals surface area contributed by atoms with Gasteiger partial charge in [-0.15, -0.1) is 0 Å². The number of hydrogen-bond donors (Lipinski definition) is 2. The number of phenols is 1. The van der Waals surface area contributed by atoms with Crippen LogP contribution in [0.4, 0.5) is 0 Å². The number of rotatable bonds is 4. The summed E-state index contributed by atoms with van der Waals surface area (Å²) in [7, 11) is 3.12. The van der Waals surface area contributed by atoms with Crippen LogP contribution in [-0.4, -0.2) is 41.7 Å². The molecule has 0 aliphatic carbocycles. The molecular weight excluding hydrogens is 274 g/mol. The monoisotopic (exact) mass is 291 g/mol. The van der Waals surface area contributed by atoms with Crippen molar-refractivity contribution in [3.05, 3.63) is 23.8 Å². The van der Waals surface area contributed by atoms with E-state index in [0.29, 0.717) is 24.4 Å². The van der Waals surface area contributed by atoms with Crippen LogP contribution in [0.15, 0.2) is 23.3 Å². The number of ether oxygens (including phenoxy) is 1. The maximum atomic E-state index is 12.2. The van der Waals surface area contributed by atoms with Gasteiger partial charge in [0.2, 0.25) is 5.91 Å². The first-order valence-corrected chi connectivity index (χ1v) is 6.48. The van der Waals surface area contributed by atoms with E-state index < -0.39 is 0 Å². The van der Waals surface area contributed by atoms with Gasteiger partial charge in [0.25, 0.3) is 5.91 Å². The molecule has 0 unspecified atom stereocenters. The van der Waals surface area contributed by atoms with Gasteiger partial charge < -0.3 is 14.7 Å². The fourth-order valence-corrected chi connectivity index (χ4v) is 2.01. The molecule has 21 heavy (non-hydrogen) atoms. The van der Waals surface area contributed by atoms with Crippen LogP contribution in [-0.2, 0) is 16.1 Å². The van der Waals surface area contributed by atoms with E-state index in [-0.39, 0.29) is 24.0 Å². The fourth-order valence-electron chi connectivity index (χ4n) is 2.01. The van der Waals surface area contributed by atoms with Crippen molar-refractivity contribution in [3.8, 4) is 11.5 Å². The number of carbonyl (C=O) groups is 2. The second kappa shape index (κ2) is 6.25. The lowest BCUT2D eigenvalue weighted by Crippen LogP contribution is -2.37. The average Bonchev–Trinajstić information content (AvgIpc) is 2.49. The Labute approximate surface area is 122 Å². The number of nitrogens with one attached hydrogen (secondary N) is 1. The number of hydrogen-bond acceptors (Lipinski definition) is 5. The highest BCUT2D eigenvalue weighted by molar-refractivity contribution is 6.39. The number of phenolic OH excluding ortho intramolecular Hbond substituents is 1. The van der Waals surface area contributed by atoms with Crippen LogP contribution in [0.1, 0.15) is 18.4 Å². The Bertz CT molecular complexity index is 598. The van der Waals surface area contributed by atoms with E-state index in [1.807, 2.05) is 0 Å². The summed E-state index contributed by atoms with van der Waals surface area (Å²) in [5.74, 6) is -0.00951. The lowest BCUT2D eigenvalue weighted by Gasteiger charge is -2.20. The molecule has 0 fully saturated rings. The molecule has 0 bridgehead atoms. The number of methoxy groups -OCH3 is 1. The number of amides is 2. The predicted molar refractivity (Wildman–Crippen MR) is 75.9 cm³/mol. The van der Waals surface area contributed by atoms with E-state index in [4.69, 9.17) is 4.74 Å². The largest absolute Gasteiger partial charge is 0.504 e. The van der Waals surface area contributed by atoms with E-state index in [1.54, 1.807) is 19.2 Å². The van der Waals surface area contributed by atoms with Crippen LogP contribution >= 0.6 is 0 Å². The zero-order chi connectivity index (χ0) is 15.4. The van der Waals surface area contributed by atoms with Gasteiger partial charge in [-0.1, -0.05) is 6.07 Å². The fraction of sp³-hybridized carbons (Fsp3) is 0.357. The van der Waals surface area contributed by atoms with Gasteiger partial charge >= 0.3 is 0 Å². The van der Waals surface area contributed by atoms with E-state index in [1.165, 1.54) is 18.1 Å². The van der Waals surface area contributed by atoms with E-state index in [2.05, 4.69) is 10.5 Å². The minimum absolute atomic E-state index is 0.0506. The molecule has 1 aromatic carbocycles. The minimum atomic E-state index is -0.234. The number of carbonyl (C=O) groups excluding carboxylic acids is 2. The van der Waals surface area contributed by atoms with Crippen molar-refractivity contribution in [1.82, 2.24) is 10.3 Å². The van der Waals surface area contributed by atoms with Crippen molar-refractivity contribution in [3.63, 3.8) is 0 Å². The second-order valence-electron chi connectivity index (χ2n) is 4.76. The Morgan fingerprint density at radius 3 is 2.86 bits per heavy atom. The molecule has 2 rings (SSSR count). The summed E-state index contributed by atoms with van der Waals surface area (Å²) in [6.07, 6.45) is 0.610. The third-order valence-electron chi connectivity index (χ3n) is 3.16. The molecule has 112 valence electrons. The Morgan fingerprint density at radius 2 is 2.24 bits per heavy atom. The Hall–Kier alpha value is -2.57. The van der Waals surface area contributed by atoms with E-state index in [0.717, 1.165) is 5.56 Å². The first-order chi connectivity index (χ1) is 10.0. The summed E-state index contributed by atoms with van der Waals surface area (Å²) in [6, 6.07) is 4.90. The van der Waals surface area contributed by atoms with Crippen LogP contribution in [0.25, 0.3) is 0 Å². The second-order valence-corrected chi connectivity index (χ2v) is 4.76. The summed E-state index contributed by atoms with van der Waals surface area (Å²) >= 11 is 0. The van der Waals surface area contributed by atoms with Gasteiger partial charge in [0.1, 0.15) is 5.71 Å². The maximum Gasteiger partial charge on any atom is 0.270 e. The smallest absolute Gasteiger partial charge is 0.270 e. The molecule has 1 aliphatic rings. The summed E-state index contributed by atoms with van der Waals surface area (Å²) in [6.45, 7) is 0.350. The molecule has 2 amide bonds. The molecule has 0 spiro atoms. The van der Waals surface area contributed by atoms with Gasteiger partial charge in [-0.3, -0.25) is 9.59 Å². The third kappa shape index (κ3) is 3.50. The topological polar surface area (TPSA) is 91.2 Å². The molecule has 0 saturated heterocycles. The molecule has 7 nitrogen and oxygen atoms in total. The Kier molecular flexibility index (Phi) is 4.42.